The lowest BCUT2D eigenvalue weighted by molar-refractivity contribution is 0.472. The van der Waals surface area contributed by atoms with Crippen molar-refractivity contribution in [3.8, 4) is 0 Å². The highest BCUT2D eigenvalue weighted by Gasteiger charge is 2.10. The number of hydrogen-bond acceptors (Lipinski definition) is 3. The van der Waals surface area contributed by atoms with Gasteiger partial charge >= 0.3 is 0 Å². The summed E-state index contributed by atoms with van der Waals surface area (Å²) >= 11 is 0. The van der Waals surface area contributed by atoms with Gasteiger partial charge in [0.15, 0.2) is 11.8 Å². The quantitative estimate of drug-likeness (QED) is 0.457. The molecular formula is C15H22FIN6. The maximum atomic E-state index is 13.2. The van der Waals surface area contributed by atoms with E-state index in [0.29, 0.717) is 19.0 Å². The van der Waals surface area contributed by atoms with Crippen molar-refractivity contribution >= 4 is 29.9 Å². The minimum absolute atomic E-state index is 0. The van der Waals surface area contributed by atoms with Crippen LogP contribution in [-0.4, -0.2) is 39.7 Å². The van der Waals surface area contributed by atoms with Crippen molar-refractivity contribution in [1.82, 2.24) is 25.0 Å². The lowest BCUT2D eigenvalue weighted by Crippen LogP contribution is -2.38. The first kappa shape index (κ1) is 19.3. The lowest BCUT2D eigenvalue weighted by Gasteiger charge is -2.22. The Morgan fingerprint density at radius 1 is 1.39 bits per heavy atom. The van der Waals surface area contributed by atoms with Crippen molar-refractivity contribution in [1.29, 1.82) is 0 Å². The predicted molar refractivity (Wildman–Crippen MR) is 99.2 cm³/mol. The van der Waals surface area contributed by atoms with Crippen LogP contribution in [0.15, 0.2) is 29.3 Å². The summed E-state index contributed by atoms with van der Waals surface area (Å²) in [6.07, 6.45) is 0. The highest BCUT2D eigenvalue weighted by Crippen LogP contribution is 2.06. The molecule has 1 N–H and O–H groups in total. The first-order valence-electron chi connectivity index (χ1n) is 7.02. The largest absolute Gasteiger partial charge is 0.349 e. The Labute approximate surface area is 152 Å². The highest BCUT2D eigenvalue weighted by atomic mass is 127. The SMILES string of the molecule is CN=C(NCc1nnc(C)n1C)N(C)Cc1cccc(F)c1.I. The van der Waals surface area contributed by atoms with Crippen molar-refractivity contribution in [3.05, 3.63) is 47.3 Å². The second-order valence-corrected chi connectivity index (χ2v) is 5.11. The minimum Gasteiger partial charge on any atom is -0.349 e. The van der Waals surface area contributed by atoms with E-state index >= 15 is 0 Å². The number of aromatic nitrogens is 3. The molecular weight excluding hydrogens is 410 g/mol. The van der Waals surface area contributed by atoms with Gasteiger partial charge < -0.3 is 14.8 Å². The topological polar surface area (TPSA) is 58.3 Å². The van der Waals surface area contributed by atoms with E-state index in [1.807, 2.05) is 36.6 Å². The van der Waals surface area contributed by atoms with Gasteiger partial charge in [-0.2, -0.15) is 0 Å². The molecule has 1 heterocycles. The van der Waals surface area contributed by atoms with E-state index < -0.39 is 0 Å². The molecule has 126 valence electrons. The van der Waals surface area contributed by atoms with E-state index in [-0.39, 0.29) is 29.8 Å². The molecule has 0 bridgehead atoms. The Hall–Kier alpha value is -1.71. The van der Waals surface area contributed by atoms with Crippen LogP contribution in [-0.2, 0) is 20.1 Å². The highest BCUT2D eigenvalue weighted by molar-refractivity contribution is 14.0. The van der Waals surface area contributed by atoms with Crippen LogP contribution >= 0.6 is 24.0 Å². The van der Waals surface area contributed by atoms with Crippen molar-refractivity contribution in [2.45, 2.75) is 20.0 Å². The number of hydrogen-bond donors (Lipinski definition) is 1. The summed E-state index contributed by atoms with van der Waals surface area (Å²) < 4.78 is 15.2. The van der Waals surface area contributed by atoms with E-state index in [9.17, 15) is 4.39 Å². The Morgan fingerprint density at radius 2 is 2.13 bits per heavy atom. The fraction of sp³-hybridized carbons (Fsp3) is 0.400. The van der Waals surface area contributed by atoms with Gasteiger partial charge in [-0.25, -0.2) is 4.39 Å². The molecule has 2 rings (SSSR count). The van der Waals surface area contributed by atoms with Crippen LogP contribution < -0.4 is 5.32 Å². The third-order valence-electron chi connectivity index (χ3n) is 3.47. The number of nitrogens with one attached hydrogen (secondary N) is 1. The molecule has 0 saturated heterocycles. The number of benzene rings is 1. The number of guanidine groups is 1. The Kier molecular flexibility index (Phi) is 7.40. The smallest absolute Gasteiger partial charge is 0.194 e. The predicted octanol–water partition coefficient (Wildman–Crippen LogP) is 2.09. The normalized spacial score (nSPS) is 11.1. The Balaban J connectivity index is 0.00000264. The first-order valence-corrected chi connectivity index (χ1v) is 7.02. The summed E-state index contributed by atoms with van der Waals surface area (Å²) in [5.74, 6) is 2.17. The molecule has 0 radical (unpaired) electrons. The average Bonchev–Trinajstić information content (AvgIpc) is 2.80. The summed E-state index contributed by atoms with van der Waals surface area (Å²) in [4.78, 5) is 6.17. The molecule has 0 spiro atoms. The van der Waals surface area contributed by atoms with E-state index in [2.05, 4.69) is 20.5 Å². The molecule has 0 fully saturated rings. The number of aliphatic imine (C=N–C) groups is 1. The van der Waals surface area contributed by atoms with E-state index in [1.165, 1.54) is 12.1 Å². The van der Waals surface area contributed by atoms with Crippen LogP contribution in [0.3, 0.4) is 0 Å². The Morgan fingerprint density at radius 3 is 2.70 bits per heavy atom. The van der Waals surface area contributed by atoms with Gasteiger partial charge in [0.2, 0.25) is 0 Å². The zero-order valence-electron chi connectivity index (χ0n) is 13.7. The number of nitrogens with zero attached hydrogens (tertiary/aromatic N) is 5. The van der Waals surface area contributed by atoms with Crippen LogP contribution in [0.4, 0.5) is 4.39 Å². The third kappa shape index (κ3) is 5.15. The third-order valence-corrected chi connectivity index (χ3v) is 3.47. The zero-order chi connectivity index (χ0) is 16.1. The molecule has 8 heteroatoms. The van der Waals surface area contributed by atoms with Gasteiger partial charge in [-0.1, -0.05) is 12.1 Å². The molecule has 0 aliphatic rings. The van der Waals surface area contributed by atoms with Crippen LogP contribution in [0.2, 0.25) is 0 Å². The molecule has 0 unspecified atom stereocenters. The molecule has 0 atom stereocenters. The summed E-state index contributed by atoms with van der Waals surface area (Å²) in [5.41, 5.74) is 0.889. The summed E-state index contributed by atoms with van der Waals surface area (Å²) in [5, 5.41) is 11.4. The van der Waals surface area contributed by atoms with Gasteiger partial charge in [0.25, 0.3) is 0 Å². The van der Waals surface area contributed by atoms with Crippen molar-refractivity contribution in [2.24, 2.45) is 12.0 Å². The van der Waals surface area contributed by atoms with Crippen LogP contribution in [0.25, 0.3) is 0 Å². The standard InChI is InChI=1S/C15H21FN6.HI/c1-11-19-20-14(22(11)4)9-18-15(17-2)21(3)10-12-6-5-7-13(16)8-12;/h5-8H,9-10H2,1-4H3,(H,17,18);1H. The van der Waals surface area contributed by atoms with Crippen molar-refractivity contribution < 1.29 is 4.39 Å². The molecule has 0 saturated carbocycles. The lowest BCUT2D eigenvalue weighted by atomic mass is 10.2. The van der Waals surface area contributed by atoms with Crippen LogP contribution in [0.1, 0.15) is 17.2 Å². The van der Waals surface area contributed by atoms with Crippen molar-refractivity contribution in [2.75, 3.05) is 14.1 Å². The molecule has 1 aromatic heterocycles. The van der Waals surface area contributed by atoms with Gasteiger partial charge in [0, 0.05) is 27.7 Å². The molecule has 6 nitrogen and oxygen atoms in total. The van der Waals surface area contributed by atoms with Gasteiger partial charge in [-0.15, -0.1) is 34.2 Å². The average molecular weight is 432 g/mol. The molecule has 1 aromatic carbocycles. The maximum absolute atomic E-state index is 13.2. The second kappa shape index (κ2) is 8.80. The van der Waals surface area contributed by atoms with Gasteiger partial charge in [0.05, 0.1) is 6.54 Å². The second-order valence-electron chi connectivity index (χ2n) is 5.11. The summed E-state index contributed by atoms with van der Waals surface area (Å²) in [7, 11) is 5.54. The summed E-state index contributed by atoms with van der Waals surface area (Å²) in [6, 6.07) is 6.55. The van der Waals surface area contributed by atoms with E-state index in [1.54, 1.807) is 13.1 Å². The monoisotopic (exact) mass is 432 g/mol. The van der Waals surface area contributed by atoms with E-state index in [0.717, 1.165) is 17.2 Å². The maximum Gasteiger partial charge on any atom is 0.194 e. The molecule has 23 heavy (non-hydrogen) atoms. The van der Waals surface area contributed by atoms with Crippen LogP contribution in [0.5, 0.6) is 0 Å². The fourth-order valence-electron chi connectivity index (χ4n) is 2.13. The molecule has 0 amide bonds. The number of halogens is 2. The molecule has 2 aromatic rings. The number of rotatable bonds is 4. The first-order chi connectivity index (χ1) is 10.5. The Bertz CT molecular complexity index is 670. The zero-order valence-corrected chi connectivity index (χ0v) is 16.1. The fourth-order valence-corrected chi connectivity index (χ4v) is 2.13. The van der Waals surface area contributed by atoms with Crippen molar-refractivity contribution in [3.63, 3.8) is 0 Å². The minimum atomic E-state index is -0.233. The molecule has 0 aliphatic carbocycles. The number of aryl methyl sites for hydroxylation is 1. The van der Waals surface area contributed by atoms with E-state index in [4.69, 9.17) is 0 Å². The van der Waals surface area contributed by atoms with Gasteiger partial charge in [-0.05, 0) is 24.6 Å². The molecule has 0 aliphatic heterocycles. The summed E-state index contributed by atoms with van der Waals surface area (Å²) in [6.45, 7) is 2.99. The van der Waals surface area contributed by atoms with Gasteiger partial charge in [0.1, 0.15) is 11.6 Å². The van der Waals surface area contributed by atoms with Gasteiger partial charge in [-0.3, -0.25) is 4.99 Å². The van der Waals surface area contributed by atoms with Crippen LogP contribution in [0, 0.1) is 12.7 Å².